The molecule has 2 aromatic rings. The van der Waals surface area contributed by atoms with Crippen molar-refractivity contribution < 1.29 is 4.79 Å². The average Bonchev–Trinajstić information content (AvgIpc) is 3.20. The van der Waals surface area contributed by atoms with E-state index in [0.29, 0.717) is 18.7 Å². The second-order valence-electron chi connectivity index (χ2n) is 6.91. The molecule has 0 fully saturated rings. The lowest BCUT2D eigenvalue weighted by Gasteiger charge is -2.22. The minimum atomic E-state index is -0.0406. The average molecular weight is 402 g/mol. The summed E-state index contributed by atoms with van der Waals surface area (Å²) in [4.78, 5) is 22.2. The van der Waals surface area contributed by atoms with Crippen LogP contribution in [-0.2, 0) is 13.0 Å². The minimum Gasteiger partial charge on any atom is -0.352 e. The van der Waals surface area contributed by atoms with Crippen LogP contribution in [0.4, 0.5) is 0 Å². The van der Waals surface area contributed by atoms with Crippen LogP contribution >= 0.6 is 11.3 Å². The Morgan fingerprint density at radius 2 is 1.93 bits per heavy atom. The summed E-state index contributed by atoms with van der Waals surface area (Å²) < 4.78 is 0. The van der Waals surface area contributed by atoms with E-state index in [1.165, 1.54) is 4.88 Å². The summed E-state index contributed by atoms with van der Waals surface area (Å²) in [6.07, 6.45) is 0.997. The molecule has 6 nitrogen and oxygen atoms in total. The number of likely N-dealkylation sites (N-methyl/N-ethyl adjacent to an activating group) is 2. The number of amides is 1. The Bertz CT molecular complexity index is 758. The maximum absolute atomic E-state index is 12.3. The Hall–Kier alpha value is -2.38. The Morgan fingerprint density at radius 1 is 1.11 bits per heavy atom. The molecule has 1 aromatic carbocycles. The van der Waals surface area contributed by atoms with Crippen molar-refractivity contribution in [3.8, 4) is 0 Å². The highest BCUT2D eigenvalue weighted by Gasteiger charge is 2.09. The third-order valence-corrected chi connectivity index (χ3v) is 5.27. The van der Waals surface area contributed by atoms with Gasteiger partial charge in [0.1, 0.15) is 0 Å². The first-order valence-electron chi connectivity index (χ1n) is 9.45. The van der Waals surface area contributed by atoms with Crippen molar-refractivity contribution in [2.24, 2.45) is 4.99 Å². The molecule has 28 heavy (non-hydrogen) atoms. The Labute approximate surface area is 172 Å². The van der Waals surface area contributed by atoms with E-state index < -0.39 is 0 Å². The zero-order valence-corrected chi connectivity index (χ0v) is 18.1. The number of carbonyl (C=O) groups excluding carboxylic acids is 1. The highest BCUT2D eigenvalue weighted by Crippen LogP contribution is 2.10. The summed E-state index contributed by atoms with van der Waals surface area (Å²) in [5.41, 5.74) is 1.73. The molecular weight excluding hydrogens is 370 g/mol. The lowest BCUT2D eigenvalue weighted by atomic mass is 10.1. The van der Waals surface area contributed by atoms with Gasteiger partial charge in [-0.05, 0) is 49.7 Å². The van der Waals surface area contributed by atoms with E-state index in [9.17, 15) is 4.79 Å². The number of hydrogen-bond donors (Lipinski definition) is 2. The van der Waals surface area contributed by atoms with Crippen molar-refractivity contribution in [2.75, 3.05) is 47.8 Å². The van der Waals surface area contributed by atoms with Crippen molar-refractivity contribution in [1.29, 1.82) is 0 Å². The van der Waals surface area contributed by atoms with Gasteiger partial charge in [0.25, 0.3) is 5.91 Å². The first-order chi connectivity index (χ1) is 13.5. The van der Waals surface area contributed by atoms with Crippen LogP contribution < -0.4 is 10.6 Å². The SMILES string of the molecule is CN=C(NCc1cccc(C(=O)NCCN(C)C)c1)N(C)CCc1cccs1. The molecule has 0 atom stereocenters. The molecule has 0 spiro atoms. The van der Waals surface area contributed by atoms with E-state index in [1.54, 1.807) is 18.4 Å². The Morgan fingerprint density at radius 3 is 2.61 bits per heavy atom. The molecule has 0 aliphatic rings. The number of nitrogens with one attached hydrogen (secondary N) is 2. The van der Waals surface area contributed by atoms with Crippen LogP contribution in [0.1, 0.15) is 20.8 Å². The largest absolute Gasteiger partial charge is 0.352 e. The Kier molecular flexibility index (Phi) is 8.97. The van der Waals surface area contributed by atoms with E-state index in [0.717, 1.165) is 31.0 Å². The van der Waals surface area contributed by atoms with Gasteiger partial charge in [-0.1, -0.05) is 18.2 Å². The van der Waals surface area contributed by atoms with Gasteiger partial charge >= 0.3 is 0 Å². The first-order valence-corrected chi connectivity index (χ1v) is 10.3. The van der Waals surface area contributed by atoms with Crippen molar-refractivity contribution >= 4 is 23.2 Å². The molecule has 2 N–H and O–H groups in total. The summed E-state index contributed by atoms with van der Waals surface area (Å²) in [5, 5.41) is 8.43. The second-order valence-corrected chi connectivity index (χ2v) is 7.94. The highest BCUT2D eigenvalue weighted by atomic mass is 32.1. The van der Waals surface area contributed by atoms with Gasteiger partial charge in [-0.3, -0.25) is 9.79 Å². The smallest absolute Gasteiger partial charge is 0.251 e. The van der Waals surface area contributed by atoms with Crippen molar-refractivity contribution in [3.63, 3.8) is 0 Å². The molecule has 7 heteroatoms. The predicted octanol–water partition coefficient (Wildman–Crippen LogP) is 2.29. The minimum absolute atomic E-state index is 0.0406. The highest BCUT2D eigenvalue weighted by molar-refractivity contribution is 7.09. The van der Waals surface area contributed by atoms with E-state index in [4.69, 9.17) is 0 Å². The molecule has 0 aliphatic heterocycles. The van der Waals surface area contributed by atoms with Crippen LogP contribution in [-0.4, -0.2) is 69.5 Å². The number of rotatable bonds is 9. The normalized spacial score (nSPS) is 11.5. The molecule has 0 unspecified atom stereocenters. The Balaban J connectivity index is 1.85. The van der Waals surface area contributed by atoms with Gasteiger partial charge in [-0.15, -0.1) is 11.3 Å². The van der Waals surface area contributed by atoms with Gasteiger partial charge in [-0.25, -0.2) is 0 Å². The third-order valence-electron chi connectivity index (χ3n) is 4.33. The molecule has 0 radical (unpaired) electrons. The van der Waals surface area contributed by atoms with Crippen LogP contribution in [0.15, 0.2) is 46.8 Å². The number of guanidine groups is 1. The fourth-order valence-corrected chi connectivity index (χ4v) is 3.42. The summed E-state index contributed by atoms with van der Waals surface area (Å²) >= 11 is 1.78. The number of carbonyl (C=O) groups is 1. The predicted molar refractivity (Wildman–Crippen MR) is 118 cm³/mol. The van der Waals surface area contributed by atoms with E-state index >= 15 is 0 Å². The van der Waals surface area contributed by atoms with Gasteiger partial charge < -0.3 is 20.4 Å². The van der Waals surface area contributed by atoms with Gasteiger partial charge in [0, 0.05) is 50.7 Å². The van der Waals surface area contributed by atoms with Crippen LogP contribution in [0.25, 0.3) is 0 Å². The van der Waals surface area contributed by atoms with Gasteiger partial charge in [0.15, 0.2) is 5.96 Å². The number of hydrogen-bond acceptors (Lipinski definition) is 4. The molecule has 0 saturated heterocycles. The van der Waals surface area contributed by atoms with Crippen molar-refractivity contribution in [3.05, 3.63) is 57.8 Å². The summed E-state index contributed by atoms with van der Waals surface area (Å²) in [5.74, 6) is 0.804. The molecule has 1 amide bonds. The molecule has 1 aromatic heterocycles. The van der Waals surface area contributed by atoms with Crippen molar-refractivity contribution in [1.82, 2.24) is 20.4 Å². The quantitative estimate of drug-likeness (QED) is 0.500. The first kappa shape index (κ1) is 21.9. The topological polar surface area (TPSA) is 60.0 Å². The fourth-order valence-electron chi connectivity index (χ4n) is 2.72. The molecule has 152 valence electrons. The molecule has 0 aliphatic carbocycles. The van der Waals surface area contributed by atoms with Gasteiger partial charge in [0.05, 0.1) is 0 Å². The monoisotopic (exact) mass is 401 g/mol. The van der Waals surface area contributed by atoms with Crippen molar-refractivity contribution in [2.45, 2.75) is 13.0 Å². The maximum Gasteiger partial charge on any atom is 0.251 e. The zero-order chi connectivity index (χ0) is 20.4. The molecule has 0 saturated carbocycles. The molecule has 2 rings (SSSR count). The number of aliphatic imine (C=N–C) groups is 1. The van der Waals surface area contributed by atoms with Crippen LogP contribution in [0, 0.1) is 0 Å². The van der Waals surface area contributed by atoms with Gasteiger partial charge in [0.2, 0.25) is 0 Å². The number of nitrogens with zero attached hydrogens (tertiary/aromatic N) is 3. The van der Waals surface area contributed by atoms with E-state index in [2.05, 4.69) is 38.0 Å². The van der Waals surface area contributed by atoms with Crippen LogP contribution in [0.3, 0.4) is 0 Å². The number of benzene rings is 1. The lowest BCUT2D eigenvalue weighted by molar-refractivity contribution is 0.0951. The lowest BCUT2D eigenvalue weighted by Crippen LogP contribution is -2.39. The van der Waals surface area contributed by atoms with Crippen LogP contribution in [0.5, 0.6) is 0 Å². The molecular formula is C21H31N5OS. The van der Waals surface area contributed by atoms with E-state index in [1.807, 2.05) is 50.3 Å². The second kappa shape index (κ2) is 11.5. The van der Waals surface area contributed by atoms with Crippen LogP contribution in [0.2, 0.25) is 0 Å². The summed E-state index contributed by atoms with van der Waals surface area (Å²) in [6, 6.07) is 11.9. The zero-order valence-electron chi connectivity index (χ0n) is 17.2. The molecule has 0 bridgehead atoms. The molecule has 1 heterocycles. The summed E-state index contributed by atoms with van der Waals surface area (Å²) in [6.45, 7) is 2.97. The van der Waals surface area contributed by atoms with Gasteiger partial charge in [-0.2, -0.15) is 0 Å². The maximum atomic E-state index is 12.3. The van der Waals surface area contributed by atoms with E-state index in [-0.39, 0.29) is 5.91 Å². The summed E-state index contributed by atoms with van der Waals surface area (Å²) in [7, 11) is 7.81. The third kappa shape index (κ3) is 7.32. The fraction of sp³-hybridized carbons (Fsp3) is 0.429. The standard InChI is InChI=1S/C21H31N5OS/c1-22-21(26(4)12-10-19-9-6-14-28-19)24-16-17-7-5-8-18(15-17)20(27)23-11-13-25(2)3/h5-9,14-15H,10-13,16H2,1-4H3,(H,22,24)(H,23,27). The number of thiophene rings is 1.